The topological polar surface area (TPSA) is 64.6 Å². The molecule has 0 saturated carbocycles. The van der Waals surface area contributed by atoms with Crippen molar-refractivity contribution in [2.24, 2.45) is 0 Å². The van der Waals surface area contributed by atoms with Crippen molar-refractivity contribution < 1.29 is 19.1 Å². The molecule has 6 heteroatoms. The van der Waals surface area contributed by atoms with Crippen molar-refractivity contribution in [2.45, 2.75) is 37.8 Å². The average Bonchev–Trinajstić information content (AvgIpc) is 3.10. The highest BCUT2D eigenvalue weighted by Crippen LogP contribution is 2.23. The minimum Gasteiger partial charge on any atom is -0.469 e. The van der Waals surface area contributed by atoms with Crippen LogP contribution in [0.25, 0.3) is 0 Å². The molecule has 1 N–H and O–H groups in total. The fourth-order valence-corrected chi connectivity index (χ4v) is 3.01. The van der Waals surface area contributed by atoms with E-state index in [1.165, 1.54) is 18.4 Å². The molecule has 1 aromatic rings. The van der Waals surface area contributed by atoms with Crippen LogP contribution >= 0.6 is 11.3 Å². The molecule has 2 atom stereocenters. The molecule has 0 radical (unpaired) electrons. The van der Waals surface area contributed by atoms with E-state index >= 15 is 0 Å². The molecule has 5 nitrogen and oxygen atoms in total. The van der Waals surface area contributed by atoms with E-state index in [4.69, 9.17) is 4.74 Å². The molecule has 0 spiro atoms. The first-order valence-electron chi connectivity index (χ1n) is 6.70. The molecule has 2 rings (SSSR count). The van der Waals surface area contributed by atoms with E-state index in [-0.39, 0.29) is 30.4 Å². The molecule has 0 aromatic carbocycles. The van der Waals surface area contributed by atoms with Gasteiger partial charge >= 0.3 is 5.97 Å². The Kier molecular flexibility index (Phi) is 5.55. The predicted octanol–water partition coefficient (Wildman–Crippen LogP) is 2.04. The molecule has 1 fully saturated rings. The zero-order valence-corrected chi connectivity index (χ0v) is 12.3. The van der Waals surface area contributed by atoms with Crippen molar-refractivity contribution in [3.8, 4) is 0 Å². The second-order valence-corrected chi connectivity index (χ2v) is 5.73. The predicted molar refractivity (Wildman–Crippen MR) is 75.4 cm³/mol. The summed E-state index contributed by atoms with van der Waals surface area (Å²) in [5.41, 5.74) is 0. The molecule has 110 valence electrons. The quantitative estimate of drug-likeness (QED) is 0.816. The second-order valence-electron chi connectivity index (χ2n) is 4.75. The van der Waals surface area contributed by atoms with E-state index < -0.39 is 0 Å². The average molecular weight is 297 g/mol. The van der Waals surface area contributed by atoms with Gasteiger partial charge in [-0.05, 0) is 24.3 Å². The lowest BCUT2D eigenvalue weighted by molar-refractivity contribution is -0.141. The van der Waals surface area contributed by atoms with Crippen LogP contribution in [0.3, 0.4) is 0 Å². The smallest absolute Gasteiger partial charge is 0.307 e. The number of rotatable bonds is 6. The van der Waals surface area contributed by atoms with Gasteiger partial charge in [-0.25, -0.2) is 0 Å². The molecule has 1 aliphatic rings. The Morgan fingerprint density at radius 3 is 3.05 bits per heavy atom. The summed E-state index contributed by atoms with van der Waals surface area (Å²) in [4.78, 5) is 24.4. The number of carbonyl (C=O) groups excluding carboxylic acids is 2. The molecule has 1 saturated heterocycles. The van der Waals surface area contributed by atoms with E-state index in [0.29, 0.717) is 6.42 Å². The van der Waals surface area contributed by atoms with E-state index in [2.05, 4.69) is 10.1 Å². The van der Waals surface area contributed by atoms with E-state index in [0.717, 1.165) is 24.3 Å². The van der Waals surface area contributed by atoms with Crippen LogP contribution in [-0.4, -0.2) is 31.7 Å². The van der Waals surface area contributed by atoms with Crippen LogP contribution in [0.4, 0.5) is 0 Å². The summed E-state index contributed by atoms with van der Waals surface area (Å²) in [6.45, 7) is 0.731. The lowest BCUT2D eigenvalue weighted by Crippen LogP contribution is -2.32. The number of amides is 1. The van der Waals surface area contributed by atoms with E-state index in [1.54, 1.807) is 0 Å². The van der Waals surface area contributed by atoms with Crippen LogP contribution in [0.2, 0.25) is 0 Å². The number of hydrogen-bond acceptors (Lipinski definition) is 5. The second kappa shape index (κ2) is 7.40. The fraction of sp³-hybridized carbons (Fsp3) is 0.571. The maximum atomic E-state index is 12.0. The van der Waals surface area contributed by atoms with Gasteiger partial charge in [0.15, 0.2) is 0 Å². The Labute approximate surface area is 122 Å². The van der Waals surface area contributed by atoms with E-state index in [9.17, 15) is 9.59 Å². The normalized spacial score (nSPS) is 19.6. The van der Waals surface area contributed by atoms with Gasteiger partial charge in [0.25, 0.3) is 0 Å². The van der Waals surface area contributed by atoms with Crippen LogP contribution < -0.4 is 5.32 Å². The monoisotopic (exact) mass is 297 g/mol. The van der Waals surface area contributed by atoms with Crippen LogP contribution in [0.15, 0.2) is 17.5 Å². The van der Waals surface area contributed by atoms with Crippen LogP contribution in [0.5, 0.6) is 0 Å². The van der Waals surface area contributed by atoms with Gasteiger partial charge in [0, 0.05) is 11.5 Å². The summed E-state index contributed by atoms with van der Waals surface area (Å²) >= 11 is 1.51. The number of thiophene rings is 1. The zero-order valence-electron chi connectivity index (χ0n) is 11.5. The minimum absolute atomic E-state index is 0.0112. The maximum Gasteiger partial charge on any atom is 0.307 e. The molecule has 0 aliphatic carbocycles. The summed E-state index contributed by atoms with van der Waals surface area (Å²) < 4.78 is 10.1. The van der Waals surface area contributed by atoms with Crippen molar-refractivity contribution >= 4 is 23.2 Å². The largest absolute Gasteiger partial charge is 0.469 e. The van der Waals surface area contributed by atoms with Gasteiger partial charge in [0.2, 0.25) is 5.91 Å². The van der Waals surface area contributed by atoms with Crippen LogP contribution in [0, 0.1) is 0 Å². The zero-order chi connectivity index (χ0) is 14.4. The first kappa shape index (κ1) is 15.0. The minimum atomic E-state index is -0.333. The van der Waals surface area contributed by atoms with Crippen LogP contribution in [-0.2, 0) is 19.1 Å². The lowest BCUT2D eigenvalue weighted by Gasteiger charge is -2.17. The highest BCUT2D eigenvalue weighted by molar-refractivity contribution is 7.10. The van der Waals surface area contributed by atoms with Gasteiger partial charge in [-0.2, -0.15) is 0 Å². The molecule has 1 aliphatic heterocycles. The summed E-state index contributed by atoms with van der Waals surface area (Å²) in [6, 6.07) is 3.48. The number of ether oxygens (including phenoxy) is 2. The third-order valence-electron chi connectivity index (χ3n) is 3.26. The van der Waals surface area contributed by atoms with Gasteiger partial charge in [0.05, 0.1) is 32.1 Å². The number of esters is 1. The van der Waals surface area contributed by atoms with Gasteiger partial charge in [0.1, 0.15) is 0 Å². The number of methoxy groups -OCH3 is 1. The van der Waals surface area contributed by atoms with Gasteiger partial charge in [-0.15, -0.1) is 11.3 Å². The van der Waals surface area contributed by atoms with Gasteiger partial charge < -0.3 is 14.8 Å². The SMILES string of the molecule is COC(=O)C[C@@H](NC(=O)C[C@H]1CCCO1)c1cccs1. The molecule has 0 unspecified atom stereocenters. The van der Waals surface area contributed by atoms with Crippen molar-refractivity contribution in [3.63, 3.8) is 0 Å². The fourth-order valence-electron chi connectivity index (χ4n) is 2.23. The van der Waals surface area contributed by atoms with Crippen molar-refractivity contribution in [2.75, 3.05) is 13.7 Å². The Morgan fingerprint density at radius 2 is 2.45 bits per heavy atom. The summed E-state index contributed by atoms with van der Waals surface area (Å²) in [5, 5.41) is 4.82. The summed E-state index contributed by atoms with van der Waals surface area (Å²) in [5.74, 6) is -0.417. The third-order valence-corrected chi connectivity index (χ3v) is 4.24. The van der Waals surface area contributed by atoms with Crippen molar-refractivity contribution in [1.82, 2.24) is 5.32 Å². The Hall–Kier alpha value is -1.40. The molecule has 0 bridgehead atoms. The Balaban J connectivity index is 1.92. The van der Waals surface area contributed by atoms with Crippen molar-refractivity contribution in [3.05, 3.63) is 22.4 Å². The molecular formula is C14H19NO4S. The summed E-state index contributed by atoms with van der Waals surface area (Å²) in [6.07, 6.45) is 2.44. The standard InChI is InChI=1S/C14H19NO4S/c1-18-14(17)9-11(12-5-3-7-20-12)15-13(16)8-10-4-2-6-19-10/h3,5,7,10-11H,2,4,6,8-9H2,1H3,(H,15,16)/t10-,11-/m1/s1. The number of nitrogens with one attached hydrogen (secondary N) is 1. The molecule has 20 heavy (non-hydrogen) atoms. The van der Waals surface area contributed by atoms with Gasteiger partial charge in [-0.1, -0.05) is 6.07 Å². The molecular weight excluding hydrogens is 278 g/mol. The molecule has 2 heterocycles. The number of hydrogen-bond donors (Lipinski definition) is 1. The third kappa shape index (κ3) is 4.31. The first-order chi connectivity index (χ1) is 9.69. The first-order valence-corrected chi connectivity index (χ1v) is 7.58. The molecule has 1 aromatic heterocycles. The van der Waals surface area contributed by atoms with E-state index in [1.807, 2.05) is 17.5 Å². The van der Waals surface area contributed by atoms with Crippen molar-refractivity contribution in [1.29, 1.82) is 0 Å². The number of carbonyl (C=O) groups is 2. The molecule has 1 amide bonds. The maximum absolute atomic E-state index is 12.0. The lowest BCUT2D eigenvalue weighted by atomic mass is 10.1. The highest BCUT2D eigenvalue weighted by atomic mass is 32.1. The van der Waals surface area contributed by atoms with Gasteiger partial charge in [-0.3, -0.25) is 9.59 Å². The Bertz CT molecular complexity index is 440. The highest BCUT2D eigenvalue weighted by Gasteiger charge is 2.23. The summed E-state index contributed by atoms with van der Waals surface area (Å²) in [7, 11) is 1.35. The van der Waals surface area contributed by atoms with Crippen LogP contribution in [0.1, 0.15) is 36.6 Å². The Morgan fingerprint density at radius 1 is 1.60 bits per heavy atom.